The van der Waals surface area contributed by atoms with E-state index in [1.807, 2.05) is 26.2 Å². The molecule has 3 N–H and O–H groups in total. The van der Waals surface area contributed by atoms with Crippen molar-refractivity contribution in [2.24, 2.45) is 0 Å². The summed E-state index contributed by atoms with van der Waals surface area (Å²) < 4.78 is 0. The monoisotopic (exact) mass is 325 g/mol. The number of thiazole rings is 2. The van der Waals surface area contributed by atoms with Crippen molar-refractivity contribution in [3.05, 3.63) is 21.0 Å². The molecule has 114 valence electrons. The van der Waals surface area contributed by atoms with Gasteiger partial charge in [-0.25, -0.2) is 9.97 Å². The van der Waals surface area contributed by atoms with Gasteiger partial charge in [-0.05, 0) is 20.8 Å². The van der Waals surface area contributed by atoms with E-state index in [-0.39, 0.29) is 11.7 Å². The minimum absolute atomic E-state index is 0.198. The number of carbonyl (C=O) groups excluding carboxylic acids is 1. The van der Waals surface area contributed by atoms with Gasteiger partial charge in [0.1, 0.15) is 15.7 Å². The lowest BCUT2D eigenvalue weighted by Gasteiger charge is -2.16. The second kappa shape index (κ2) is 6.86. The van der Waals surface area contributed by atoms with Gasteiger partial charge in [0, 0.05) is 24.2 Å². The minimum Gasteiger partial charge on any atom is -0.382 e. The molecule has 0 radical (unpaired) electrons. The number of amides is 1. The highest BCUT2D eigenvalue weighted by Gasteiger charge is 2.18. The van der Waals surface area contributed by atoms with E-state index in [9.17, 15) is 4.79 Å². The van der Waals surface area contributed by atoms with Gasteiger partial charge in [-0.1, -0.05) is 11.3 Å². The van der Waals surface area contributed by atoms with Crippen LogP contribution >= 0.6 is 22.7 Å². The lowest BCUT2D eigenvalue weighted by atomic mass is 10.4. The zero-order valence-corrected chi connectivity index (χ0v) is 14.0. The van der Waals surface area contributed by atoms with Gasteiger partial charge in [0.2, 0.25) is 0 Å². The molecule has 0 saturated carbocycles. The number of hydrogen-bond donors (Lipinski definition) is 2. The lowest BCUT2D eigenvalue weighted by Crippen LogP contribution is -2.22. The number of nitrogens with zero attached hydrogens (tertiary/aromatic N) is 3. The van der Waals surface area contributed by atoms with Gasteiger partial charge < -0.3 is 16.0 Å². The van der Waals surface area contributed by atoms with E-state index in [0.717, 1.165) is 28.9 Å². The Labute approximate surface area is 132 Å². The van der Waals surface area contributed by atoms with Crippen LogP contribution in [-0.4, -0.2) is 29.0 Å². The highest BCUT2D eigenvalue weighted by molar-refractivity contribution is 7.18. The number of aromatic nitrogens is 2. The number of nitrogens with two attached hydrogens (primary N) is 1. The molecule has 0 aliphatic rings. The summed E-state index contributed by atoms with van der Waals surface area (Å²) in [5.74, 6) is 0.0889. The van der Waals surface area contributed by atoms with E-state index in [0.29, 0.717) is 11.4 Å². The van der Waals surface area contributed by atoms with Crippen LogP contribution < -0.4 is 16.0 Å². The first kappa shape index (κ1) is 15.7. The Hall–Kier alpha value is -1.67. The molecule has 2 aromatic rings. The molecule has 0 spiro atoms. The fraction of sp³-hybridized carbons (Fsp3) is 0.462. The number of aryl methyl sites for hydroxylation is 1. The van der Waals surface area contributed by atoms with Gasteiger partial charge in [-0.15, -0.1) is 11.3 Å². The fourth-order valence-corrected chi connectivity index (χ4v) is 3.57. The van der Waals surface area contributed by atoms with E-state index in [1.165, 1.54) is 22.7 Å². The third-order valence-corrected chi connectivity index (χ3v) is 5.05. The Morgan fingerprint density at radius 1 is 1.38 bits per heavy atom. The van der Waals surface area contributed by atoms with E-state index < -0.39 is 0 Å². The highest BCUT2D eigenvalue weighted by Crippen LogP contribution is 2.27. The quantitative estimate of drug-likeness (QED) is 0.851. The average molecular weight is 325 g/mol. The van der Waals surface area contributed by atoms with Crippen molar-refractivity contribution in [3.8, 4) is 0 Å². The molecule has 0 bridgehead atoms. The van der Waals surface area contributed by atoms with E-state index in [1.54, 1.807) is 0 Å². The van der Waals surface area contributed by atoms with Gasteiger partial charge in [-0.3, -0.25) is 4.79 Å². The molecular weight excluding hydrogens is 306 g/mol. The smallest absolute Gasteiger partial charge is 0.265 e. The summed E-state index contributed by atoms with van der Waals surface area (Å²) in [6.45, 7) is 8.11. The van der Waals surface area contributed by atoms with Crippen molar-refractivity contribution in [1.82, 2.24) is 15.3 Å². The van der Waals surface area contributed by atoms with Crippen LogP contribution in [0.5, 0.6) is 0 Å². The molecule has 8 heteroatoms. The van der Waals surface area contributed by atoms with Crippen molar-refractivity contribution >= 4 is 39.5 Å². The Bertz CT molecular complexity index is 618. The predicted octanol–water partition coefficient (Wildman–Crippen LogP) is 2.27. The summed E-state index contributed by atoms with van der Waals surface area (Å²) in [7, 11) is 0. The van der Waals surface area contributed by atoms with Crippen LogP contribution in [0.4, 0.5) is 10.9 Å². The summed E-state index contributed by atoms with van der Waals surface area (Å²) >= 11 is 2.86. The number of hydrogen-bond acceptors (Lipinski definition) is 7. The predicted molar refractivity (Wildman–Crippen MR) is 88.1 cm³/mol. The van der Waals surface area contributed by atoms with Gasteiger partial charge in [0.15, 0.2) is 5.13 Å². The SMILES string of the molecule is CCN(CC)c1nc(N)c(C(=O)NCc2nc(C)cs2)s1. The molecule has 0 aliphatic heterocycles. The fourth-order valence-electron chi connectivity index (χ4n) is 1.83. The van der Waals surface area contributed by atoms with Crippen molar-refractivity contribution in [1.29, 1.82) is 0 Å². The second-order valence-corrected chi connectivity index (χ2v) is 6.37. The van der Waals surface area contributed by atoms with Gasteiger partial charge in [0.25, 0.3) is 5.91 Å². The average Bonchev–Trinajstić information content (AvgIpc) is 3.04. The maximum absolute atomic E-state index is 12.2. The largest absolute Gasteiger partial charge is 0.382 e. The normalized spacial score (nSPS) is 10.6. The van der Waals surface area contributed by atoms with Crippen molar-refractivity contribution < 1.29 is 4.79 Å². The van der Waals surface area contributed by atoms with Gasteiger partial charge in [-0.2, -0.15) is 0 Å². The van der Waals surface area contributed by atoms with Crippen molar-refractivity contribution in [2.45, 2.75) is 27.3 Å². The summed E-state index contributed by atoms with van der Waals surface area (Å²) in [5, 5.41) is 6.47. The summed E-state index contributed by atoms with van der Waals surface area (Å²) in [5.41, 5.74) is 6.82. The third-order valence-electron chi connectivity index (χ3n) is 2.95. The maximum Gasteiger partial charge on any atom is 0.265 e. The molecule has 2 heterocycles. The third kappa shape index (κ3) is 3.70. The van der Waals surface area contributed by atoms with Gasteiger partial charge >= 0.3 is 0 Å². The Morgan fingerprint density at radius 3 is 2.67 bits per heavy atom. The van der Waals surface area contributed by atoms with Crippen LogP contribution in [0.1, 0.15) is 34.2 Å². The molecule has 0 atom stereocenters. The number of nitrogen functional groups attached to an aromatic ring is 1. The van der Waals surface area contributed by atoms with Crippen molar-refractivity contribution in [3.63, 3.8) is 0 Å². The summed E-state index contributed by atoms with van der Waals surface area (Å²) in [4.78, 5) is 23.3. The van der Waals surface area contributed by atoms with E-state index >= 15 is 0 Å². The Balaban J connectivity index is 2.05. The first-order valence-corrected chi connectivity index (χ1v) is 8.45. The van der Waals surface area contributed by atoms with E-state index in [4.69, 9.17) is 5.73 Å². The molecule has 0 saturated heterocycles. The molecule has 2 aromatic heterocycles. The number of carbonyl (C=O) groups is 1. The molecule has 6 nitrogen and oxygen atoms in total. The highest BCUT2D eigenvalue weighted by atomic mass is 32.1. The van der Waals surface area contributed by atoms with Crippen LogP contribution in [0.2, 0.25) is 0 Å². The lowest BCUT2D eigenvalue weighted by molar-refractivity contribution is 0.0955. The summed E-state index contributed by atoms with van der Waals surface area (Å²) in [6, 6.07) is 0. The first-order valence-electron chi connectivity index (χ1n) is 6.75. The van der Waals surface area contributed by atoms with Crippen LogP contribution in [0.25, 0.3) is 0 Å². The minimum atomic E-state index is -0.198. The zero-order chi connectivity index (χ0) is 15.4. The van der Waals surface area contributed by atoms with Crippen LogP contribution in [0.3, 0.4) is 0 Å². The Kier molecular flexibility index (Phi) is 5.13. The number of nitrogens with one attached hydrogen (secondary N) is 1. The molecule has 0 aliphatic carbocycles. The second-order valence-electron chi connectivity index (χ2n) is 4.45. The molecule has 21 heavy (non-hydrogen) atoms. The van der Waals surface area contributed by atoms with Crippen LogP contribution in [0.15, 0.2) is 5.38 Å². The van der Waals surface area contributed by atoms with Crippen LogP contribution in [-0.2, 0) is 6.54 Å². The molecule has 1 amide bonds. The molecule has 0 unspecified atom stereocenters. The first-order chi connectivity index (χ1) is 10.0. The molecule has 2 rings (SSSR count). The van der Waals surface area contributed by atoms with E-state index in [2.05, 4.69) is 20.2 Å². The van der Waals surface area contributed by atoms with Crippen molar-refractivity contribution in [2.75, 3.05) is 23.7 Å². The molecule has 0 fully saturated rings. The maximum atomic E-state index is 12.2. The van der Waals surface area contributed by atoms with Gasteiger partial charge in [0.05, 0.1) is 6.54 Å². The van der Waals surface area contributed by atoms with Crippen LogP contribution in [0, 0.1) is 6.92 Å². The molecule has 0 aromatic carbocycles. The zero-order valence-electron chi connectivity index (χ0n) is 12.3. The number of rotatable bonds is 6. The Morgan fingerprint density at radius 2 is 2.10 bits per heavy atom. The topological polar surface area (TPSA) is 84.1 Å². The molecular formula is C13H19N5OS2. The summed E-state index contributed by atoms with van der Waals surface area (Å²) in [6.07, 6.45) is 0. The standard InChI is InChI=1S/C13H19N5OS2/c1-4-18(5-2)13-17-11(14)10(21-13)12(19)15-6-9-16-8(3)7-20-9/h7H,4-6,14H2,1-3H3,(H,15,19). The number of anilines is 2.